The van der Waals surface area contributed by atoms with E-state index in [4.69, 9.17) is 9.52 Å². The number of aliphatic carboxylic acids is 1. The summed E-state index contributed by atoms with van der Waals surface area (Å²) in [4.78, 5) is 10.8. The zero-order valence-electron chi connectivity index (χ0n) is 11.6. The van der Waals surface area contributed by atoms with Crippen molar-refractivity contribution in [1.82, 2.24) is 10.2 Å². The molecule has 0 fully saturated rings. The Balaban J connectivity index is 2.22. The number of nitrogens with zero attached hydrogens (tertiary/aromatic N) is 2. The summed E-state index contributed by atoms with van der Waals surface area (Å²) in [6.45, 7) is 3.49. The Morgan fingerprint density at radius 1 is 1.33 bits per heavy atom. The molecule has 1 heterocycles. The molecule has 0 bridgehead atoms. The van der Waals surface area contributed by atoms with Gasteiger partial charge in [-0.2, -0.15) is 0 Å². The third kappa shape index (κ3) is 3.62. The minimum absolute atomic E-state index is 0.0704. The van der Waals surface area contributed by atoms with E-state index in [1.165, 1.54) is 12.1 Å². The van der Waals surface area contributed by atoms with Crippen molar-refractivity contribution in [1.29, 1.82) is 0 Å². The topological polar surface area (TPSA) is 76.2 Å². The van der Waals surface area contributed by atoms with Gasteiger partial charge in [-0.15, -0.1) is 10.2 Å². The van der Waals surface area contributed by atoms with Crippen LogP contribution < -0.4 is 0 Å². The van der Waals surface area contributed by atoms with Crippen molar-refractivity contribution in [3.8, 4) is 11.5 Å². The van der Waals surface area contributed by atoms with Crippen LogP contribution >= 0.6 is 0 Å². The lowest BCUT2D eigenvalue weighted by Crippen LogP contribution is -2.19. The summed E-state index contributed by atoms with van der Waals surface area (Å²) in [5.41, 5.74) is -0.708. The Morgan fingerprint density at radius 3 is 2.71 bits per heavy atom. The van der Waals surface area contributed by atoms with Crippen LogP contribution in [0.4, 0.5) is 8.78 Å². The van der Waals surface area contributed by atoms with Gasteiger partial charge in [-0.3, -0.25) is 4.79 Å². The summed E-state index contributed by atoms with van der Waals surface area (Å²) in [5.74, 6) is -2.94. The van der Waals surface area contributed by atoms with E-state index < -0.39 is 23.0 Å². The van der Waals surface area contributed by atoms with E-state index in [0.29, 0.717) is 0 Å². The third-order valence-corrected chi connectivity index (χ3v) is 2.91. The summed E-state index contributed by atoms with van der Waals surface area (Å²) < 4.78 is 32.1. The standard InChI is InChI=1S/C14H14F2N2O3/c1-14(2,7-11(19)20)6-10-17-18-13(21-10)8-4-3-5-9(15)12(8)16/h3-5H,6-7H2,1-2H3,(H,19,20). The average Bonchev–Trinajstić information content (AvgIpc) is 2.78. The highest BCUT2D eigenvalue weighted by molar-refractivity contribution is 5.67. The van der Waals surface area contributed by atoms with Gasteiger partial charge < -0.3 is 9.52 Å². The minimum Gasteiger partial charge on any atom is -0.481 e. The van der Waals surface area contributed by atoms with Crippen LogP contribution in [0.2, 0.25) is 0 Å². The molecule has 2 aromatic rings. The second-order valence-corrected chi connectivity index (χ2v) is 5.51. The summed E-state index contributed by atoms with van der Waals surface area (Å²) in [6, 6.07) is 3.66. The van der Waals surface area contributed by atoms with E-state index in [1.54, 1.807) is 13.8 Å². The molecule has 112 valence electrons. The second kappa shape index (κ2) is 5.59. The monoisotopic (exact) mass is 296 g/mol. The number of hydrogen-bond donors (Lipinski definition) is 1. The first-order valence-corrected chi connectivity index (χ1v) is 6.27. The Morgan fingerprint density at radius 2 is 2.05 bits per heavy atom. The van der Waals surface area contributed by atoms with Crippen molar-refractivity contribution in [3.05, 3.63) is 35.7 Å². The molecule has 0 saturated carbocycles. The van der Waals surface area contributed by atoms with E-state index in [1.807, 2.05) is 0 Å². The van der Waals surface area contributed by atoms with E-state index >= 15 is 0 Å². The van der Waals surface area contributed by atoms with Crippen molar-refractivity contribution in [2.24, 2.45) is 5.41 Å². The van der Waals surface area contributed by atoms with Gasteiger partial charge in [0.05, 0.1) is 12.0 Å². The quantitative estimate of drug-likeness (QED) is 0.917. The summed E-state index contributed by atoms with van der Waals surface area (Å²) in [6.07, 6.45) is 0.155. The summed E-state index contributed by atoms with van der Waals surface area (Å²) >= 11 is 0. The minimum atomic E-state index is -1.06. The molecule has 5 nitrogen and oxygen atoms in total. The van der Waals surface area contributed by atoms with Crippen molar-refractivity contribution >= 4 is 5.97 Å². The Labute approximate surface area is 119 Å². The molecule has 2 rings (SSSR count). The van der Waals surface area contributed by atoms with Gasteiger partial charge in [0.15, 0.2) is 11.6 Å². The molecular weight excluding hydrogens is 282 g/mol. The van der Waals surface area contributed by atoms with Crippen LogP contribution in [-0.4, -0.2) is 21.3 Å². The first-order chi connectivity index (χ1) is 9.78. The number of rotatable bonds is 5. The summed E-state index contributed by atoms with van der Waals surface area (Å²) in [7, 11) is 0. The molecule has 0 amide bonds. The van der Waals surface area contributed by atoms with Crippen molar-refractivity contribution in [3.63, 3.8) is 0 Å². The number of carbonyl (C=O) groups is 1. The zero-order chi connectivity index (χ0) is 15.6. The molecule has 0 radical (unpaired) electrons. The van der Waals surface area contributed by atoms with Crippen LogP contribution in [0.15, 0.2) is 22.6 Å². The van der Waals surface area contributed by atoms with Crippen LogP contribution in [0.3, 0.4) is 0 Å². The maximum atomic E-state index is 13.6. The van der Waals surface area contributed by atoms with Gasteiger partial charge in [0, 0.05) is 6.42 Å². The number of aromatic nitrogens is 2. The van der Waals surface area contributed by atoms with Gasteiger partial charge in [0.2, 0.25) is 5.89 Å². The van der Waals surface area contributed by atoms with Gasteiger partial charge in [0.25, 0.3) is 5.89 Å². The third-order valence-electron chi connectivity index (χ3n) is 2.91. The van der Waals surface area contributed by atoms with Gasteiger partial charge in [0.1, 0.15) is 0 Å². The molecule has 1 aromatic heterocycles. The van der Waals surface area contributed by atoms with Gasteiger partial charge in [-0.25, -0.2) is 8.78 Å². The first-order valence-electron chi connectivity index (χ1n) is 6.27. The average molecular weight is 296 g/mol. The predicted molar refractivity (Wildman–Crippen MR) is 69.4 cm³/mol. The molecule has 0 atom stereocenters. The maximum absolute atomic E-state index is 13.6. The van der Waals surface area contributed by atoms with Gasteiger partial charge in [-0.1, -0.05) is 19.9 Å². The fourth-order valence-corrected chi connectivity index (χ4v) is 1.98. The molecule has 0 aliphatic carbocycles. The molecular formula is C14H14F2N2O3. The number of benzene rings is 1. The molecule has 1 N–H and O–H groups in total. The fraction of sp³-hybridized carbons (Fsp3) is 0.357. The zero-order valence-corrected chi connectivity index (χ0v) is 11.6. The molecule has 21 heavy (non-hydrogen) atoms. The Hall–Kier alpha value is -2.31. The molecule has 7 heteroatoms. The van der Waals surface area contributed by atoms with Crippen LogP contribution in [0.5, 0.6) is 0 Å². The number of carboxylic acid groups (broad SMARTS) is 1. The normalized spacial score (nSPS) is 11.6. The molecule has 0 saturated heterocycles. The highest BCUT2D eigenvalue weighted by Gasteiger charge is 2.26. The number of carboxylic acids is 1. The van der Waals surface area contributed by atoms with E-state index in [2.05, 4.69) is 10.2 Å². The van der Waals surface area contributed by atoms with Gasteiger partial charge in [-0.05, 0) is 17.5 Å². The van der Waals surface area contributed by atoms with Crippen molar-refractivity contribution in [2.45, 2.75) is 26.7 Å². The highest BCUT2D eigenvalue weighted by Crippen LogP contribution is 2.28. The first kappa shape index (κ1) is 15.1. The smallest absolute Gasteiger partial charge is 0.303 e. The Bertz CT molecular complexity index is 668. The summed E-state index contributed by atoms with van der Waals surface area (Å²) in [5, 5.41) is 16.3. The lowest BCUT2D eigenvalue weighted by atomic mass is 9.86. The van der Waals surface area contributed by atoms with E-state index in [9.17, 15) is 13.6 Å². The molecule has 0 aliphatic rings. The van der Waals surface area contributed by atoms with E-state index in [0.717, 1.165) is 6.07 Å². The number of halogens is 2. The van der Waals surface area contributed by atoms with Crippen molar-refractivity contribution in [2.75, 3.05) is 0 Å². The number of hydrogen-bond acceptors (Lipinski definition) is 4. The molecule has 0 spiro atoms. The molecule has 1 aromatic carbocycles. The lowest BCUT2D eigenvalue weighted by molar-refractivity contribution is -0.139. The van der Waals surface area contributed by atoms with Crippen LogP contribution in [0.1, 0.15) is 26.2 Å². The predicted octanol–water partition coefficient (Wildman–Crippen LogP) is 3.06. The van der Waals surface area contributed by atoms with Crippen LogP contribution in [0, 0.1) is 17.0 Å². The largest absolute Gasteiger partial charge is 0.481 e. The lowest BCUT2D eigenvalue weighted by Gasteiger charge is -2.19. The van der Waals surface area contributed by atoms with Gasteiger partial charge >= 0.3 is 5.97 Å². The SMILES string of the molecule is CC(C)(CC(=O)O)Cc1nnc(-c2cccc(F)c2F)o1. The van der Waals surface area contributed by atoms with Crippen LogP contribution in [-0.2, 0) is 11.2 Å². The van der Waals surface area contributed by atoms with Crippen LogP contribution in [0.25, 0.3) is 11.5 Å². The Kier molecular flexibility index (Phi) is 4.02. The van der Waals surface area contributed by atoms with E-state index in [-0.39, 0.29) is 30.2 Å². The second-order valence-electron chi connectivity index (χ2n) is 5.51. The fourth-order valence-electron chi connectivity index (χ4n) is 1.98. The molecule has 0 unspecified atom stereocenters. The maximum Gasteiger partial charge on any atom is 0.303 e. The van der Waals surface area contributed by atoms with Crippen molar-refractivity contribution < 1.29 is 23.1 Å². The molecule has 0 aliphatic heterocycles. The highest BCUT2D eigenvalue weighted by atomic mass is 19.2.